The van der Waals surface area contributed by atoms with Gasteiger partial charge >= 0.3 is 6.03 Å². The predicted octanol–water partition coefficient (Wildman–Crippen LogP) is 1.94. The summed E-state index contributed by atoms with van der Waals surface area (Å²) in [5.41, 5.74) is 0.948. The van der Waals surface area contributed by atoms with E-state index < -0.39 is 12.2 Å². The lowest BCUT2D eigenvalue weighted by Gasteiger charge is -2.40. The van der Waals surface area contributed by atoms with E-state index in [1.54, 1.807) is 7.05 Å². The number of hydrogen-bond donors (Lipinski definition) is 1. The highest BCUT2D eigenvalue weighted by Gasteiger charge is 2.54. The number of benzene rings is 2. The molecule has 3 amide bonds. The molecule has 2 saturated heterocycles. The fourth-order valence-electron chi connectivity index (χ4n) is 4.43. The predicted molar refractivity (Wildman–Crippen MR) is 119 cm³/mol. The highest BCUT2D eigenvalue weighted by molar-refractivity contribution is 6.08. The first-order valence-electron chi connectivity index (χ1n) is 10.7. The van der Waals surface area contributed by atoms with Crippen LogP contribution in [0.4, 0.5) is 10.5 Å². The number of likely N-dealkylation sites (N-methyl/N-ethyl adjacent to an activating group) is 1. The monoisotopic (exact) mass is 435 g/mol. The summed E-state index contributed by atoms with van der Waals surface area (Å²) in [5.74, 6) is 1.96. The number of fused-ring (bicyclic) bond motifs is 3. The van der Waals surface area contributed by atoms with Gasteiger partial charge in [0.1, 0.15) is 11.5 Å². The van der Waals surface area contributed by atoms with Gasteiger partial charge in [-0.05, 0) is 42.8 Å². The zero-order valence-corrected chi connectivity index (χ0v) is 17.8. The maximum absolute atomic E-state index is 13.1. The van der Waals surface area contributed by atoms with Crippen molar-refractivity contribution in [1.29, 1.82) is 0 Å². The van der Waals surface area contributed by atoms with Crippen LogP contribution in [0.5, 0.6) is 11.5 Å². The van der Waals surface area contributed by atoms with Crippen LogP contribution in [0.2, 0.25) is 0 Å². The molecule has 2 unspecified atom stereocenters. The molecule has 0 aromatic heterocycles. The summed E-state index contributed by atoms with van der Waals surface area (Å²) < 4.78 is 5.87. The van der Waals surface area contributed by atoms with Crippen LogP contribution in [0.3, 0.4) is 0 Å². The minimum absolute atomic E-state index is 0.0713. The summed E-state index contributed by atoms with van der Waals surface area (Å²) in [6, 6.07) is 16.4. The van der Waals surface area contributed by atoms with E-state index in [1.807, 2.05) is 59.5 Å². The van der Waals surface area contributed by atoms with Gasteiger partial charge in [-0.25, -0.2) is 9.79 Å². The van der Waals surface area contributed by atoms with E-state index >= 15 is 0 Å². The maximum Gasteiger partial charge on any atom is 0.328 e. The van der Waals surface area contributed by atoms with Gasteiger partial charge in [0.2, 0.25) is 5.96 Å². The molecule has 32 heavy (non-hydrogen) atoms. The van der Waals surface area contributed by atoms with E-state index in [-0.39, 0.29) is 25.1 Å². The Bertz CT molecular complexity index is 1040. The third-order valence-corrected chi connectivity index (χ3v) is 6.04. The van der Waals surface area contributed by atoms with Crippen LogP contribution in [0.1, 0.15) is 6.42 Å². The number of carbonyl (C=O) groups is 2. The van der Waals surface area contributed by atoms with Gasteiger partial charge in [-0.3, -0.25) is 9.69 Å². The van der Waals surface area contributed by atoms with E-state index in [1.165, 1.54) is 9.80 Å². The molecule has 5 rings (SSSR count). The number of para-hydroxylation sites is 1. The second-order valence-electron chi connectivity index (χ2n) is 8.00. The van der Waals surface area contributed by atoms with Crippen LogP contribution in [0.25, 0.3) is 0 Å². The Hall–Kier alpha value is -3.59. The molecule has 9 nitrogen and oxygen atoms in total. The lowest BCUT2D eigenvalue weighted by Crippen LogP contribution is -2.64. The lowest BCUT2D eigenvalue weighted by atomic mass is 10.1. The quantitative estimate of drug-likeness (QED) is 0.746. The van der Waals surface area contributed by atoms with Crippen molar-refractivity contribution in [1.82, 2.24) is 14.7 Å². The summed E-state index contributed by atoms with van der Waals surface area (Å²) in [5, 5.41) is 9.12. The number of anilines is 1. The highest BCUT2D eigenvalue weighted by atomic mass is 16.5. The zero-order valence-electron chi connectivity index (χ0n) is 17.8. The summed E-state index contributed by atoms with van der Waals surface area (Å²) in [7, 11) is 1.67. The van der Waals surface area contributed by atoms with Gasteiger partial charge in [-0.15, -0.1) is 0 Å². The molecule has 2 aromatic carbocycles. The fraction of sp³-hybridized carbons (Fsp3) is 0.348. The summed E-state index contributed by atoms with van der Waals surface area (Å²) in [4.78, 5) is 37.4. The molecular weight excluding hydrogens is 410 g/mol. The molecule has 3 heterocycles. The molecule has 1 N–H and O–H groups in total. The van der Waals surface area contributed by atoms with Crippen LogP contribution in [0, 0.1) is 0 Å². The largest absolute Gasteiger partial charge is 0.457 e. The van der Waals surface area contributed by atoms with Gasteiger partial charge in [-0.1, -0.05) is 18.2 Å². The molecule has 3 aliphatic rings. The van der Waals surface area contributed by atoms with Crippen LogP contribution in [0.15, 0.2) is 59.6 Å². The van der Waals surface area contributed by atoms with Crippen molar-refractivity contribution in [2.45, 2.75) is 18.6 Å². The highest BCUT2D eigenvalue weighted by Crippen LogP contribution is 2.34. The third-order valence-electron chi connectivity index (χ3n) is 6.04. The van der Waals surface area contributed by atoms with Crippen LogP contribution in [-0.4, -0.2) is 83.2 Å². The van der Waals surface area contributed by atoms with Gasteiger partial charge < -0.3 is 24.5 Å². The summed E-state index contributed by atoms with van der Waals surface area (Å²) in [6.07, 6.45) is -0.182. The first-order chi connectivity index (χ1) is 15.6. The van der Waals surface area contributed by atoms with Crippen molar-refractivity contribution < 1.29 is 19.4 Å². The maximum atomic E-state index is 13.1. The Kier molecular flexibility index (Phi) is 5.18. The Balaban J connectivity index is 1.35. The minimum Gasteiger partial charge on any atom is -0.457 e. The Labute approximate surface area is 186 Å². The number of ether oxygens (including phenoxy) is 1. The topological polar surface area (TPSA) is 88.9 Å². The summed E-state index contributed by atoms with van der Waals surface area (Å²) >= 11 is 0. The lowest BCUT2D eigenvalue weighted by molar-refractivity contribution is -0.137. The molecule has 0 bridgehead atoms. The smallest absolute Gasteiger partial charge is 0.328 e. The normalized spacial score (nSPS) is 22.2. The molecule has 166 valence electrons. The van der Waals surface area contributed by atoms with Crippen molar-refractivity contribution in [2.24, 2.45) is 4.99 Å². The van der Waals surface area contributed by atoms with Crippen molar-refractivity contribution in [3.63, 3.8) is 0 Å². The van der Waals surface area contributed by atoms with E-state index in [0.717, 1.165) is 17.2 Å². The molecule has 2 aromatic rings. The molecule has 0 saturated carbocycles. The third kappa shape index (κ3) is 3.34. The van der Waals surface area contributed by atoms with Gasteiger partial charge in [0.25, 0.3) is 5.91 Å². The fourth-order valence-corrected chi connectivity index (χ4v) is 4.43. The number of guanidine groups is 1. The van der Waals surface area contributed by atoms with Crippen molar-refractivity contribution in [3.05, 3.63) is 54.6 Å². The molecule has 9 heteroatoms. The number of aliphatic imine (C=N–C) groups is 1. The van der Waals surface area contributed by atoms with Gasteiger partial charge in [0, 0.05) is 39.0 Å². The van der Waals surface area contributed by atoms with E-state index in [2.05, 4.69) is 4.90 Å². The van der Waals surface area contributed by atoms with Gasteiger partial charge in [0.15, 0.2) is 12.2 Å². The average molecular weight is 435 g/mol. The number of nitrogens with zero attached hydrogens (tertiary/aromatic N) is 5. The molecule has 0 radical (unpaired) electrons. The Morgan fingerprint density at radius 3 is 2.47 bits per heavy atom. The van der Waals surface area contributed by atoms with Crippen LogP contribution < -0.4 is 9.64 Å². The van der Waals surface area contributed by atoms with Crippen LogP contribution >= 0.6 is 0 Å². The zero-order chi connectivity index (χ0) is 22.2. The average Bonchev–Trinajstić information content (AvgIpc) is 3.39. The number of carbonyl (C=O) groups excluding carboxylic acids is 2. The SMILES string of the molecule is CN1C(=O)N(CCCO)C(=O)C2C1N=C1N(c3ccc(Oc4ccccc4)cc3)CCN12. The number of aliphatic hydroxyl groups excluding tert-OH is 1. The molecular formula is C23H25N5O4. The molecule has 2 atom stereocenters. The van der Waals surface area contributed by atoms with Gasteiger partial charge in [0.05, 0.1) is 0 Å². The standard InChI is InChI=1S/C23H25N5O4/c1-25-20-19(21(30)28(23(25)31)12-5-15-29)27-14-13-26(22(27)24-20)16-8-10-18(11-9-16)32-17-6-3-2-4-7-17/h2-4,6-11,19-20,29H,5,12-15H2,1H3. The molecule has 0 aliphatic carbocycles. The first-order valence-corrected chi connectivity index (χ1v) is 10.7. The minimum atomic E-state index is -0.543. The molecule has 3 aliphatic heterocycles. The number of rotatable bonds is 6. The summed E-state index contributed by atoms with van der Waals surface area (Å²) in [6.45, 7) is 1.47. The van der Waals surface area contributed by atoms with E-state index in [0.29, 0.717) is 25.5 Å². The van der Waals surface area contributed by atoms with Gasteiger partial charge in [-0.2, -0.15) is 0 Å². The number of aliphatic hydroxyl groups is 1. The Morgan fingerprint density at radius 1 is 1.03 bits per heavy atom. The van der Waals surface area contributed by atoms with E-state index in [4.69, 9.17) is 14.8 Å². The molecule has 2 fully saturated rings. The number of imide groups is 1. The van der Waals surface area contributed by atoms with Crippen LogP contribution in [-0.2, 0) is 4.79 Å². The van der Waals surface area contributed by atoms with E-state index in [9.17, 15) is 9.59 Å². The second kappa shape index (κ2) is 8.16. The Morgan fingerprint density at radius 2 is 1.75 bits per heavy atom. The van der Waals surface area contributed by atoms with Crippen molar-refractivity contribution in [2.75, 3.05) is 38.2 Å². The van der Waals surface area contributed by atoms with Crippen molar-refractivity contribution in [3.8, 4) is 11.5 Å². The molecule has 0 spiro atoms. The first kappa shape index (κ1) is 20.3. The number of hydrogen-bond acceptors (Lipinski definition) is 7. The second-order valence-corrected chi connectivity index (χ2v) is 8.00. The van der Waals surface area contributed by atoms with Crippen molar-refractivity contribution >= 4 is 23.6 Å². The number of urea groups is 1. The number of amides is 3.